The zero-order valence-electron chi connectivity index (χ0n) is 15.5. The van der Waals surface area contributed by atoms with Crippen LogP contribution in [-0.2, 0) is 20.9 Å². The monoisotopic (exact) mass is 359 g/mol. The van der Waals surface area contributed by atoms with Gasteiger partial charge in [-0.15, -0.1) is 0 Å². The third-order valence-corrected chi connectivity index (χ3v) is 5.29. The molecule has 0 bridgehead atoms. The number of nitrogens with one attached hydrogen (secondary N) is 1. The minimum atomic E-state index is 0.00890. The van der Waals surface area contributed by atoms with Crippen molar-refractivity contribution in [2.75, 3.05) is 39.3 Å². The Morgan fingerprint density at radius 1 is 1.15 bits per heavy atom. The fourth-order valence-corrected chi connectivity index (χ4v) is 3.70. The average Bonchev–Trinajstić information content (AvgIpc) is 2.67. The lowest BCUT2D eigenvalue weighted by Crippen LogP contribution is -2.49. The van der Waals surface area contributed by atoms with Crippen LogP contribution in [0.3, 0.4) is 0 Å². The summed E-state index contributed by atoms with van der Waals surface area (Å²) in [5.74, 6) is 0.199. The lowest BCUT2D eigenvalue weighted by molar-refractivity contribution is -0.134. The van der Waals surface area contributed by atoms with Crippen molar-refractivity contribution in [3.8, 4) is 0 Å². The summed E-state index contributed by atoms with van der Waals surface area (Å²) in [5.41, 5.74) is 1.30. The number of benzene rings is 1. The Hall–Kier alpha value is -1.92. The molecule has 2 aliphatic heterocycles. The Balaban J connectivity index is 1.40. The normalized spacial score (nSPS) is 22.2. The van der Waals surface area contributed by atoms with E-state index < -0.39 is 0 Å². The van der Waals surface area contributed by atoms with Gasteiger partial charge < -0.3 is 15.0 Å². The van der Waals surface area contributed by atoms with Gasteiger partial charge in [0.25, 0.3) is 0 Å². The van der Waals surface area contributed by atoms with Crippen LogP contribution in [0.15, 0.2) is 30.3 Å². The minimum Gasteiger partial charge on any atom is -0.374 e. The maximum absolute atomic E-state index is 12.4. The Morgan fingerprint density at radius 3 is 2.58 bits per heavy atom. The van der Waals surface area contributed by atoms with Gasteiger partial charge in [0.05, 0.1) is 12.7 Å². The van der Waals surface area contributed by atoms with E-state index in [1.54, 1.807) is 6.92 Å². The molecule has 2 fully saturated rings. The summed E-state index contributed by atoms with van der Waals surface area (Å²) in [5, 5.41) is 3.06. The fraction of sp³-hybridized carbons (Fsp3) is 0.600. The molecule has 6 nitrogen and oxygen atoms in total. The largest absolute Gasteiger partial charge is 0.374 e. The molecule has 1 unspecified atom stereocenters. The summed E-state index contributed by atoms with van der Waals surface area (Å²) in [7, 11) is 0. The second kappa shape index (κ2) is 9.14. The van der Waals surface area contributed by atoms with Crippen molar-refractivity contribution < 1.29 is 14.3 Å². The zero-order valence-corrected chi connectivity index (χ0v) is 15.5. The maximum atomic E-state index is 12.4. The Kier molecular flexibility index (Phi) is 6.63. The molecule has 0 aromatic heterocycles. The van der Waals surface area contributed by atoms with E-state index in [4.69, 9.17) is 4.74 Å². The second-order valence-electron chi connectivity index (χ2n) is 7.24. The summed E-state index contributed by atoms with van der Waals surface area (Å²) in [6.07, 6.45) is 1.53. The zero-order chi connectivity index (χ0) is 18.4. The SMILES string of the molecule is CC(=O)N1CCC(C(=O)NCC2CN(Cc3ccccc3)CCO2)CC1. The van der Waals surface area contributed by atoms with Crippen molar-refractivity contribution in [1.29, 1.82) is 0 Å². The number of carbonyl (C=O) groups excluding carboxylic acids is 2. The summed E-state index contributed by atoms with van der Waals surface area (Å²) < 4.78 is 5.82. The van der Waals surface area contributed by atoms with Gasteiger partial charge >= 0.3 is 0 Å². The lowest BCUT2D eigenvalue weighted by atomic mass is 9.96. The number of rotatable bonds is 5. The van der Waals surface area contributed by atoms with Crippen molar-refractivity contribution in [3.63, 3.8) is 0 Å². The van der Waals surface area contributed by atoms with Crippen molar-refractivity contribution in [2.45, 2.75) is 32.4 Å². The lowest BCUT2D eigenvalue weighted by Gasteiger charge is -2.34. The van der Waals surface area contributed by atoms with Crippen molar-refractivity contribution in [1.82, 2.24) is 15.1 Å². The van der Waals surface area contributed by atoms with Crippen molar-refractivity contribution in [3.05, 3.63) is 35.9 Å². The molecule has 0 radical (unpaired) electrons. The smallest absolute Gasteiger partial charge is 0.223 e. The Bertz CT molecular complexity index is 600. The number of hydrogen-bond donors (Lipinski definition) is 1. The summed E-state index contributed by atoms with van der Waals surface area (Å²) in [6, 6.07) is 10.4. The van der Waals surface area contributed by atoms with E-state index in [9.17, 15) is 9.59 Å². The first-order valence-corrected chi connectivity index (χ1v) is 9.53. The van der Waals surface area contributed by atoms with E-state index in [0.29, 0.717) is 26.2 Å². The van der Waals surface area contributed by atoms with E-state index in [1.807, 2.05) is 11.0 Å². The fourth-order valence-electron chi connectivity index (χ4n) is 3.70. The first-order valence-electron chi connectivity index (χ1n) is 9.53. The molecule has 0 spiro atoms. The van der Waals surface area contributed by atoms with Crippen LogP contribution in [0.2, 0.25) is 0 Å². The molecule has 0 saturated carbocycles. The molecule has 1 N–H and O–H groups in total. The molecule has 6 heteroatoms. The number of piperidine rings is 1. The topological polar surface area (TPSA) is 61.9 Å². The quantitative estimate of drug-likeness (QED) is 0.860. The van der Waals surface area contributed by atoms with Crippen molar-refractivity contribution >= 4 is 11.8 Å². The maximum Gasteiger partial charge on any atom is 0.223 e. The van der Waals surface area contributed by atoms with E-state index >= 15 is 0 Å². The van der Waals surface area contributed by atoms with Gasteiger partial charge in [0.15, 0.2) is 0 Å². The Morgan fingerprint density at radius 2 is 1.88 bits per heavy atom. The van der Waals surface area contributed by atoms with E-state index in [2.05, 4.69) is 34.5 Å². The highest BCUT2D eigenvalue weighted by Gasteiger charge is 2.27. The van der Waals surface area contributed by atoms with Gasteiger partial charge in [0.1, 0.15) is 0 Å². The highest BCUT2D eigenvalue weighted by atomic mass is 16.5. The van der Waals surface area contributed by atoms with Crippen LogP contribution >= 0.6 is 0 Å². The van der Waals surface area contributed by atoms with Crippen LogP contribution in [0.5, 0.6) is 0 Å². The van der Waals surface area contributed by atoms with Gasteiger partial charge in [0.2, 0.25) is 11.8 Å². The predicted octanol–water partition coefficient (Wildman–Crippen LogP) is 1.26. The number of morpholine rings is 1. The molecule has 2 aliphatic rings. The summed E-state index contributed by atoms with van der Waals surface area (Å²) >= 11 is 0. The molecule has 2 amide bonds. The molecular formula is C20H29N3O3. The molecule has 142 valence electrons. The van der Waals surface area contributed by atoms with E-state index in [0.717, 1.165) is 32.5 Å². The van der Waals surface area contributed by atoms with Crippen LogP contribution in [0.1, 0.15) is 25.3 Å². The molecular weight excluding hydrogens is 330 g/mol. The average molecular weight is 359 g/mol. The third-order valence-electron chi connectivity index (χ3n) is 5.29. The molecule has 26 heavy (non-hydrogen) atoms. The first kappa shape index (κ1) is 18.9. The van der Waals surface area contributed by atoms with E-state index in [1.165, 1.54) is 5.56 Å². The number of nitrogens with zero attached hydrogens (tertiary/aromatic N) is 2. The molecule has 1 aromatic rings. The number of likely N-dealkylation sites (tertiary alicyclic amines) is 1. The molecule has 0 aliphatic carbocycles. The molecule has 2 heterocycles. The van der Waals surface area contributed by atoms with E-state index in [-0.39, 0.29) is 23.8 Å². The van der Waals surface area contributed by atoms with Crippen LogP contribution in [0.25, 0.3) is 0 Å². The number of ether oxygens (including phenoxy) is 1. The van der Waals surface area contributed by atoms with Crippen LogP contribution in [0, 0.1) is 5.92 Å². The second-order valence-corrected chi connectivity index (χ2v) is 7.24. The summed E-state index contributed by atoms with van der Waals surface area (Å²) in [6.45, 7) is 6.86. The van der Waals surface area contributed by atoms with Crippen molar-refractivity contribution in [2.24, 2.45) is 5.92 Å². The van der Waals surface area contributed by atoms with Gasteiger partial charge in [-0.2, -0.15) is 0 Å². The number of carbonyl (C=O) groups is 2. The van der Waals surface area contributed by atoms with Gasteiger partial charge in [0, 0.05) is 52.1 Å². The van der Waals surface area contributed by atoms with Gasteiger partial charge in [-0.25, -0.2) is 0 Å². The number of hydrogen-bond acceptors (Lipinski definition) is 4. The predicted molar refractivity (Wildman–Crippen MR) is 99.4 cm³/mol. The molecule has 2 saturated heterocycles. The van der Waals surface area contributed by atoms with Crippen LogP contribution in [0.4, 0.5) is 0 Å². The third kappa shape index (κ3) is 5.29. The van der Waals surface area contributed by atoms with Gasteiger partial charge in [-0.05, 0) is 18.4 Å². The number of amides is 2. The molecule has 1 aromatic carbocycles. The first-order chi connectivity index (χ1) is 12.6. The van der Waals surface area contributed by atoms with Gasteiger partial charge in [-0.1, -0.05) is 30.3 Å². The van der Waals surface area contributed by atoms with Crippen LogP contribution in [-0.4, -0.2) is 67.0 Å². The highest BCUT2D eigenvalue weighted by molar-refractivity contribution is 5.79. The van der Waals surface area contributed by atoms with Crippen LogP contribution < -0.4 is 5.32 Å². The minimum absolute atomic E-state index is 0.00890. The molecule has 1 atom stereocenters. The van der Waals surface area contributed by atoms with Gasteiger partial charge in [-0.3, -0.25) is 14.5 Å². The standard InChI is InChI=1S/C20H29N3O3/c1-16(24)23-9-7-18(8-10-23)20(25)21-13-19-15-22(11-12-26-19)14-17-5-3-2-4-6-17/h2-6,18-19H,7-15H2,1H3,(H,21,25). The molecule has 3 rings (SSSR count). The highest BCUT2D eigenvalue weighted by Crippen LogP contribution is 2.17. The Labute approximate surface area is 155 Å². The summed E-state index contributed by atoms with van der Waals surface area (Å²) in [4.78, 5) is 28.0.